The highest BCUT2D eigenvalue weighted by Gasteiger charge is 1.84. The maximum absolute atomic E-state index is 9.77. The molecule has 0 aliphatic heterocycles. The molecule has 1 aromatic carbocycles. The molecule has 3 heteroatoms. The topological polar surface area (TPSA) is 56.2 Å². The first-order chi connectivity index (χ1) is 7.36. The van der Waals surface area contributed by atoms with Crippen molar-refractivity contribution in [3.63, 3.8) is 0 Å². The van der Waals surface area contributed by atoms with Crippen molar-refractivity contribution in [1.82, 2.24) is 0 Å². The maximum atomic E-state index is 9.77. The molecule has 0 spiro atoms. The van der Waals surface area contributed by atoms with Crippen LogP contribution in [0.1, 0.15) is 16.1 Å². The Hall–Kier alpha value is -1.87. The minimum Gasteiger partial charge on any atom is -0.462 e. The predicted molar refractivity (Wildman–Crippen MR) is 58.4 cm³/mol. The van der Waals surface area contributed by atoms with Gasteiger partial charge in [-0.05, 0) is 17.7 Å². The van der Waals surface area contributed by atoms with Crippen molar-refractivity contribution in [1.29, 1.82) is 0 Å². The summed E-state index contributed by atoms with van der Waals surface area (Å²) in [6.45, 7) is 0.640. The smallest absolute Gasteiger partial charge is 0.185 e. The van der Waals surface area contributed by atoms with Gasteiger partial charge in [0.1, 0.15) is 0 Å². The summed E-state index contributed by atoms with van der Waals surface area (Å²) < 4.78 is 4.61. The maximum Gasteiger partial charge on any atom is 0.185 e. The van der Waals surface area contributed by atoms with Gasteiger partial charge in [0.2, 0.25) is 0 Å². The Labute approximate surface area is 88.5 Å². The Balaban J connectivity index is 0.000000151. The van der Waals surface area contributed by atoms with Crippen LogP contribution in [0.2, 0.25) is 0 Å². The Morgan fingerprint density at radius 1 is 1.13 bits per heavy atom. The van der Waals surface area contributed by atoms with E-state index in [1.807, 2.05) is 30.3 Å². The predicted octanol–water partition coefficient (Wildman–Crippen LogP) is 2.24. The largest absolute Gasteiger partial charge is 0.462 e. The van der Waals surface area contributed by atoms with Crippen molar-refractivity contribution < 1.29 is 9.21 Å². The van der Waals surface area contributed by atoms with Crippen LogP contribution in [0.3, 0.4) is 0 Å². The summed E-state index contributed by atoms with van der Waals surface area (Å²) in [5.41, 5.74) is 6.54. The van der Waals surface area contributed by atoms with Gasteiger partial charge in [0.25, 0.3) is 0 Å². The Kier molecular flexibility index (Phi) is 4.90. The van der Waals surface area contributed by atoms with E-state index >= 15 is 0 Å². The highest BCUT2D eigenvalue weighted by atomic mass is 16.3. The zero-order valence-electron chi connectivity index (χ0n) is 8.30. The summed E-state index contributed by atoms with van der Waals surface area (Å²) in [7, 11) is 0. The van der Waals surface area contributed by atoms with Crippen LogP contribution in [0.5, 0.6) is 0 Å². The molecule has 1 aromatic heterocycles. The quantitative estimate of drug-likeness (QED) is 0.761. The fourth-order valence-electron chi connectivity index (χ4n) is 0.972. The molecule has 1 heterocycles. The van der Waals surface area contributed by atoms with E-state index in [0.717, 1.165) is 0 Å². The molecule has 0 unspecified atom stereocenters. The van der Waals surface area contributed by atoms with Gasteiger partial charge in [-0.15, -0.1) is 0 Å². The zero-order valence-corrected chi connectivity index (χ0v) is 8.30. The van der Waals surface area contributed by atoms with Crippen LogP contribution in [0.25, 0.3) is 0 Å². The number of hydrogen-bond donors (Lipinski definition) is 1. The molecule has 0 fully saturated rings. The van der Waals surface area contributed by atoms with Gasteiger partial charge in [0.05, 0.1) is 6.26 Å². The number of carbonyl (C=O) groups is 1. The van der Waals surface area contributed by atoms with Crippen LogP contribution in [0.4, 0.5) is 0 Å². The molecule has 78 valence electrons. The molecule has 0 amide bonds. The van der Waals surface area contributed by atoms with Crippen LogP contribution >= 0.6 is 0 Å². The van der Waals surface area contributed by atoms with Crippen LogP contribution < -0.4 is 5.73 Å². The number of aldehydes is 1. The second-order valence-electron chi connectivity index (χ2n) is 2.82. The molecular formula is C12H13NO2. The molecule has 2 aromatic rings. The number of furan rings is 1. The van der Waals surface area contributed by atoms with Gasteiger partial charge in [-0.1, -0.05) is 30.3 Å². The lowest BCUT2D eigenvalue weighted by molar-refractivity contribution is 0.110. The van der Waals surface area contributed by atoms with Crippen molar-refractivity contribution in [3.8, 4) is 0 Å². The average Bonchev–Trinajstić information content (AvgIpc) is 2.84. The lowest BCUT2D eigenvalue weighted by Gasteiger charge is -1.90. The first-order valence-electron chi connectivity index (χ1n) is 4.59. The number of carbonyl (C=O) groups excluding carboxylic acids is 1. The minimum absolute atomic E-state index is 0.375. The summed E-state index contributed by atoms with van der Waals surface area (Å²) in [5.74, 6) is 0.375. The van der Waals surface area contributed by atoms with Gasteiger partial charge in [-0.3, -0.25) is 4.79 Å². The van der Waals surface area contributed by atoms with Gasteiger partial charge >= 0.3 is 0 Å². The Morgan fingerprint density at radius 3 is 2.20 bits per heavy atom. The summed E-state index contributed by atoms with van der Waals surface area (Å²) >= 11 is 0. The monoisotopic (exact) mass is 203 g/mol. The van der Waals surface area contributed by atoms with Gasteiger partial charge in [-0.25, -0.2) is 0 Å². The second kappa shape index (κ2) is 6.56. The minimum atomic E-state index is 0.375. The number of rotatable bonds is 2. The molecule has 3 nitrogen and oxygen atoms in total. The highest BCUT2D eigenvalue weighted by molar-refractivity contribution is 5.69. The fraction of sp³-hybridized carbons (Fsp3) is 0.0833. The molecule has 2 N–H and O–H groups in total. The molecule has 0 radical (unpaired) electrons. The first kappa shape index (κ1) is 11.2. The summed E-state index contributed by atoms with van der Waals surface area (Å²) in [6, 6.07) is 13.3. The molecule has 0 aliphatic rings. The SMILES string of the molecule is NCc1ccccc1.O=Cc1ccco1. The van der Waals surface area contributed by atoms with Crippen molar-refractivity contribution in [2.24, 2.45) is 5.73 Å². The second-order valence-corrected chi connectivity index (χ2v) is 2.82. The third-order valence-electron chi connectivity index (χ3n) is 1.74. The third kappa shape index (κ3) is 4.24. The molecule has 15 heavy (non-hydrogen) atoms. The van der Waals surface area contributed by atoms with Crippen LogP contribution in [0, 0.1) is 0 Å². The van der Waals surface area contributed by atoms with Crippen LogP contribution in [-0.2, 0) is 6.54 Å². The standard InChI is InChI=1S/C7H9N.C5H4O2/c8-6-7-4-2-1-3-5-7;6-4-5-2-1-3-7-5/h1-5H,6,8H2;1-4H. The van der Waals surface area contributed by atoms with Crippen LogP contribution in [-0.4, -0.2) is 6.29 Å². The van der Waals surface area contributed by atoms with E-state index < -0.39 is 0 Å². The normalized spacial score (nSPS) is 8.87. The number of hydrogen-bond acceptors (Lipinski definition) is 3. The van der Waals surface area contributed by atoms with E-state index in [0.29, 0.717) is 18.6 Å². The van der Waals surface area contributed by atoms with E-state index in [-0.39, 0.29) is 0 Å². The summed E-state index contributed by atoms with van der Waals surface area (Å²) in [4.78, 5) is 9.77. The van der Waals surface area contributed by atoms with Gasteiger partial charge in [-0.2, -0.15) is 0 Å². The number of benzene rings is 1. The van der Waals surface area contributed by atoms with Gasteiger partial charge in [0.15, 0.2) is 12.0 Å². The van der Waals surface area contributed by atoms with Crippen LogP contribution in [0.15, 0.2) is 53.1 Å². The van der Waals surface area contributed by atoms with Crippen molar-refractivity contribution in [3.05, 3.63) is 60.1 Å². The molecule has 0 aliphatic carbocycles. The third-order valence-corrected chi connectivity index (χ3v) is 1.74. The fourth-order valence-corrected chi connectivity index (χ4v) is 0.972. The Bertz CT molecular complexity index is 368. The molecule has 2 rings (SSSR count). The molecule has 0 bridgehead atoms. The summed E-state index contributed by atoms with van der Waals surface area (Å²) in [6.07, 6.45) is 2.13. The van der Waals surface area contributed by atoms with Gasteiger partial charge < -0.3 is 10.2 Å². The van der Waals surface area contributed by atoms with Gasteiger partial charge in [0, 0.05) is 6.54 Å². The highest BCUT2D eigenvalue weighted by Crippen LogP contribution is 1.94. The first-order valence-corrected chi connectivity index (χ1v) is 4.59. The van der Waals surface area contributed by atoms with E-state index in [4.69, 9.17) is 5.73 Å². The lowest BCUT2D eigenvalue weighted by atomic mass is 10.2. The Morgan fingerprint density at radius 2 is 1.87 bits per heavy atom. The molecule has 0 atom stereocenters. The van der Waals surface area contributed by atoms with E-state index in [2.05, 4.69) is 4.42 Å². The zero-order chi connectivity index (χ0) is 10.9. The van der Waals surface area contributed by atoms with Crippen molar-refractivity contribution in [2.45, 2.75) is 6.54 Å². The average molecular weight is 203 g/mol. The van der Waals surface area contributed by atoms with E-state index in [9.17, 15) is 4.79 Å². The molecular weight excluding hydrogens is 190 g/mol. The molecule has 0 saturated carbocycles. The van der Waals surface area contributed by atoms with E-state index in [1.165, 1.54) is 11.8 Å². The molecule has 0 saturated heterocycles. The van der Waals surface area contributed by atoms with E-state index in [1.54, 1.807) is 12.1 Å². The lowest BCUT2D eigenvalue weighted by Crippen LogP contribution is -1.94. The van der Waals surface area contributed by atoms with Crippen molar-refractivity contribution >= 4 is 6.29 Å². The summed E-state index contributed by atoms with van der Waals surface area (Å²) in [5, 5.41) is 0. The van der Waals surface area contributed by atoms with Crippen molar-refractivity contribution in [2.75, 3.05) is 0 Å². The number of nitrogens with two attached hydrogens (primary N) is 1.